The van der Waals surface area contributed by atoms with Crippen molar-refractivity contribution in [2.75, 3.05) is 12.4 Å². The average Bonchev–Trinajstić information content (AvgIpc) is 2.68. The molecule has 0 heterocycles. The minimum atomic E-state index is -3.73. The molecule has 0 aromatic heterocycles. The Labute approximate surface area is 165 Å². The van der Waals surface area contributed by atoms with Gasteiger partial charge in [-0.2, -0.15) is 4.31 Å². The molecule has 0 aliphatic carbocycles. The summed E-state index contributed by atoms with van der Waals surface area (Å²) in [5.74, 6) is -1.26. The Hall–Kier alpha value is -2.71. The van der Waals surface area contributed by atoms with Crippen LogP contribution in [0.15, 0.2) is 59.5 Å². The highest BCUT2D eigenvalue weighted by atomic mass is 32.2. The Balaban J connectivity index is 2.11. The van der Waals surface area contributed by atoms with Crippen LogP contribution < -0.4 is 5.32 Å². The van der Waals surface area contributed by atoms with Crippen LogP contribution in [0.25, 0.3) is 0 Å². The molecule has 0 saturated heterocycles. The first-order chi connectivity index (χ1) is 13.1. The first-order valence-electron chi connectivity index (χ1n) is 8.78. The molecule has 0 aliphatic rings. The van der Waals surface area contributed by atoms with Gasteiger partial charge in [-0.3, -0.25) is 4.79 Å². The maximum Gasteiger partial charge on any atom is 0.338 e. The number of carbonyl (C=O) groups excluding carboxylic acids is 2. The fourth-order valence-corrected chi connectivity index (χ4v) is 3.69. The molecule has 0 spiro atoms. The Kier molecular flexibility index (Phi) is 6.93. The molecule has 1 amide bonds. The number of nitrogens with zero attached hydrogens (tertiary/aromatic N) is 1. The molecule has 2 rings (SSSR count). The van der Waals surface area contributed by atoms with Crippen LogP contribution in [0.2, 0.25) is 0 Å². The van der Waals surface area contributed by atoms with Crippen molar-refractivity contribution in [1.29, 1.82) is 0 Å². The molecule has 0 fully saturated rings. The number of nitrogens with one attached hydrogen (secondary N) is 1. The maximum absolute atomic E-state index is 12.6. The summed E-state index contributed by atoms with van der Waals surface area (Å²) in [7, 11) is -2.26. The van der Waals surface area contributed by atoms with Crippen molar-refractivity contribution >= 4 is 27.6 Å². The maximum atomic E-state index is 12.6. The summed E-state index contributed by atoms with van der Waals surface area (Å²) in [5, 5.41) is 2.64. The van der Waals surface area contributed by atoms with Gasteiger partial charge in [0.05, 0.1) is 10.5 Å². The number of hydrogen-bond acceptors (Lipinski definition) is 5. The van der Waals surface area contributed by atoms with Gasteiger partial charge in [-0.1, -0.05) is 24.3 Å². The summed E-state index contributed by atoms with van der Waals surface area (Å²) in [6.07, 6.45) is -1.05. The van der Waals surface area contributed by atoms with E-state index in [1.165, 1.54) is 42.5 Å². The van der Waals surface area contributed by atoms with E-state index < -0.39 is 28.0 Å². The van der Waals surface area contributed by atoms with Crippen LogP contribution >= 0.6 is 0 Å². The van der Waals surface area contributed by atoms with Crippen molar-refractivity contribution in [1.82, 2.24) is 4.31 Å². The zero-order valence-corrected chi connectivity index (χ0v) is 17.1. The summed E-state index contributed by atoms with van der Waals surface area (Å²) >= 11 is 0. The first-order valence-corrected chi connectivity index (χ1v) is 10.2. The Morgan fingerprint density at radius 2 is 1.64 bits per heavy atom. The molecule has 1 N–H and O–H groups in total. The zero-order valence-electron chi connectivity index (χ0n) is 16.2. The van der Waals surface area contributed by atoms with Crippen LogP contribution in [0.3, 0.4) is 0 Å². The molecule has 1 atom stereocenters. The van der Waals surface area contributed by atoms with E-state index in [0.717, 1.165) is 0 Å². The van der Waals surface area contributed by atoms with E-state index in [9.17, 15) is 18.0 Å². The van der Waals surface area contributed by atoms with E-state index in [4.69, 9.17) is 4.74 Å². The lowest BCUT2D eigenvalue weighted by atomic mass is 10.2. The zero-order chi connectivity index (χ0) is 20.9. The van der Waals surface area contributed by atoms with Crippen LogP contribution in [0.4, 0.5) is 5.69 Å². The molecule has 0 bridgehead atoms. The number of anilines is 1. The van der Waals surface area contributed by atoms with Gasteiger partial charge in [-0.05, 0) is 51.1 Å². The predicted octanol–water partition coefficient (Wildman–Crippen LogP) is 2.90. The first kappa shape index (κ1) is 21.6. The smallest absolute Gasteiger partial charge is 0.338 e. The standard InChI is InChI=1S/C20H24N2O5S/c1-14(2)22(4)28(25,26)18-12-8-9-16(13-18)20(24)27-15(3)19(23)21-17-10-6-5-7-11-17/h5-15H,1-4H3,(H,21,23)/t15-/m1/s1. The number of sulfonamides is 1. The van der Waals surface area contributed by atoms with Gasteiger partial charge in [0.2, 0.25) is 10.0 Å². The second kappa shape index (κ2) is 8.99. The topological polar surface area (TPSA) is 92.8 Å². The molecular weight excluding hydrogens is 380 g/mol. The highest BCUT2D eigenvalue weighted by Gasteiger charge is 2.25. The van der Waals surface area contributed by atoms with Crippen molar-refractivity contribution < 1.29 is 22.7 Å². The number of amides is 1. The van der Waals surface area contributed by atoms with E-state index >= 15 is 0 Å². The number of para-hydroxylation sites is 1. The third-order valence-electron chi connectivity index (χ3n) is 4.17. The summed E-state index contributed by atoms with van der Waals surface area (Å²) in [6.45, 7) is 4.95. The van der Waals surface area contributed by atoms with Crippen LogP contribution in [-0.4, -0.2) is 43.8 Å². The predicted molar refractivity (Wildman–Crippen MR) is 106 cm³/mol. The SMILES string of the molecule is CC(C)N(C)S(=O)(=O)c1cccc(C(=O)O[C@H](C)C(=O)Nc2ccccc2)c1. The molecule has 2 aromatic carbocycles. The van der Waals surface area contributed by atoms with E-state index in [1.54, 1.807) is 38.1 Å². The quantitative estimate of drug-likeness (QED) is 0.717. The van der Waals surface area contributed by atoms with Crippen molar-refractivity contribution in [2.45, 2.75) is 37.8 Å². The fraction of sp³-hybridized carbons (Fsp3) is 0.300. The van der Waals surface area contributed by atoms with Gasteiger partial charge in [0.15, 0.2) is 6.10 Å². The normalized spacial score (nSPS) is 12.6. The van der Waals surface area contributed by atoms with Crippen molar-refractivity contribution in [2.24, 2.45) is 0 Å². The number of esters is 1. The second-order valence-corrected chi connectivity index (χ2v) is 8.54. The molecular formula is C20H24N2O5S. The van der Waals surface area contributed by atoms with Crippen LogP contribution in [0, 0.1) is 0 Å². The Morgan fingerprint density at radius 3 is 2.25 bits per heavy atom. The number of carbonyl (C=O) groups is 2. The number of ether oxygens (including phenoxy) is 1. The summed E-state index contributed by atoms with van der Waals surface area (Å²) < 4.78 is 31.6. The Morgan fingerprint density at radius 1 is 1.00 bits per heavy atom. The molecule has 28 heavy (non-hydrogen) atoms. The van der Waals surface area contributed by atoms with Gasteiger partial charge < -0.3 is 10.1 Å². The summed E-state index contributed by atoms with van der Waals surface area (Å²) in [4.78, 5) is 24.5. The number of benzene rings is 2. The van der Waals surface area contributed by atoms with Gasteiger partial charge in [0.25, 0.3) is 5.91 Å². The van der Waals surface area contributed by atoms with Crippen LogP contribution in [-0.2, 0) is 19.6 Å². The van der Waals surface area contributed by atoms with Gasteiger partial charge in [-0.25, -0.2) is 13.2 Å². The molecule has 0 aliphatic heterocycles. The van der Waals surface area contributed by atoms with E-state index in [-0.39, 0.29) is 16.5 Å². The molecule has 2 aromatic rings. The molecule has 7 nitrogen and oxygen atoms in total. The molecule has 0 unspecified atom stereocenters. The minimum Gasteiger partial charge on any atom is -0.449 e. The third-order valence-corrected chi connectivity index (χ3v) is 6.20. The molecule has 0 saturated carbocycles. The highest BCUT2D eigenvalue weighted by Crippen LogP contribution is 2.19. The van der Waals surface area contributed by atoms with E-state index in [1.807, 2.05) is 6.07 Å². The van der Waals surface area contributed by atoms with Gasteiger partial charge >= 0.3 is 5.97 Å². The van der Waals surface area contributed by atoms with Crippen molar-refractivity contribution in [3.8, 4) is 0 Å². The third kappa shape index (κ3) is 5.17. The molecule has 8 heteroatoms. The van der Waals surface area contributed by atoms with E-state index in [0.29, 0.717) is 5.69 Å². The number of hydrogen-bond donors (Lipinski definition) is 1. The van der Waals surface area contributed by atoms with Gasteiger partial charge in [-0.15, -0.1) is 0 Å². The molecule has 150 valence electrons. The monoisotopic (exact) mass is 404 g/mol. The van der Waals surface area contributed by atoms with Gasteiger partial charge in [0, 0.05) is 18.8 Å². The largest absolute Gasteiger partial charge is 0.449 e. The molecule has 0 radical (unpaired) electrons. The van der Waals surface area contributed by atoms with E-state index in [2.05, 4.69) is 5.32 Å². The average molecular weight is 404 g/mol. The van der Waals surface area contributed by atoms with Gasteiger partial charge in [0.1, 0.15) is 0 Å². The minimum absolute atomic E-state index is 0.0143. The fourth-order valence-electron chi connectivity index (χ4n) is 2.27. The lowest BCUT2D eigenvalue weighted by Crippen LogP contribution is -2.33. The number of rotatable bonds is 7. The highest BCUT2D eigenvalue weighted by molar-refractivity contribution is 7.89. The van der Waals surface area contributed by atoms with Crippen molar-refractivity contribution in [3.63, 3.8) is 0 Å². The van der Waals surface area contributed by atoms with Crippen LogP contribution in [0.5, 0.6) is 0 Å². The lowest BCUT2D eigenvalue weighted by Gasteiger charge is -2.21. The van der Waals surface area contributed by atoms with Crippen molar-refractivity contribution in [3.05, 3.63) is 60.2 Å². The summed E-state index contributed by atoms with van der Waals surface area (Å²) in [6, 6.07) is 14.1. The summed E-state index contributed by atoms with van der Waals surface area (Å²) in [5.41, 5.74) is 0.637. The Bertz CT molecular complexity index is 942. The van der Waals surface area contributed by atoms with Crippen LogP contribution in [0.1, 0.15) is 31.1 Å². The second-order valence-electron chi connectivity index (χ2n) is 6.55. The lowest BCUT2D eigenvalue weighted by molar-refractivity contribution is -0.123.